The molecular formula is C14H19N3O2. The van der Waals surface area contributed by atoms with Crippen molar-refractivity contribution in [3.05, 3.63) is 40.4 Å². The van der Waals surface area contributed by atoms with Crippen LogP contribution in [-0.4, -0.2) is 29.2 Å². The highest BCUT2D eigenvalue weighted by Gasteiger charge is 2.03. The first-order chi connectivity index (χ1) is 9.16. The minimum absolute atomic E-state index is 0.121. The van der Waals surface area contributed by atoms with Crippen LogP contribution in [-0.2, 0) is 11.3 Å². The van der Waals surface area contributed by atoms with E-state index in [0.29, 0.717) is 36.0 Å². The molecule has 0 bridgehead atoms. The van der Waals surface area contributed by atoms with Gasteiger partial charge in [-0.3, -0.25) is 4.79 Å². The third kappa shape index (κ3) is 3.87. The van der Waals surface area contributed by atoms with Gasteiger partial charge in [-0.1, -0.05) is 26.0 Å². The van der Waals surface area contributed by atoms with Crippen molar-refractivity contribution in [3.63, 3.8) is 0 Å². The number of aromatic nitrogens is 2. The Hall–Kier alpha value is -1.72. The fourth-order valence-electron chi connectivity index (χ4n) is 1.79. The molecule has 1 aromatic heterocycles. The molecule has 0 aliphatic heterocycles. The first kappa shape index (κ1) is 13.7. The summed E-state index contributed by atoms with van der Waals surface area (Å²) in [6.07, 6.45) is 0. The van der Waals surface area contributed by atoms with Crippen LogP contribution < -0.4 is 10.9 Å². The van der Waals surface area contributed by atoms with Crippen molar-refractivity contribution in [3.8, 4) is 0 Å². The van der Waals surface area contributed by atoms with Gasteiger partial charge in [-0.15, -0.1) is 0 Å². The minimum atomic E-state index is -0.121. The molecule has 0 saturated carbocycles. The Bertz CT molecular complexity index is 593. The summed E-state index contributed by atoms with van der Waals surface area (Å²) in [5.74, 6) is 0.563. The van der Waals surface area contributed by atoms with Gasteiger partial charge in [-0.25, -0.2) is 4.98 Å². The highest BCUT2D eigenvalue weighted by atomic mass is 16.5. The number of aromatic amines is 1. The lowest BCUT2D eigenvalue weighted by Gasteiger charge is -2.08. The lowest BCUT2D eigenvalue weighted by molar-refractivity contribution is 0.116. The van der Waals surface area contributed by atoms with E-state index in [0.717, 1.165) is 6.54 Å². The van der Waals surface area contributed by atoms with Crippen molar-refractivity contribution in [1.82, 2.24) is 15.3 Å². The maximum atomic E-state index is 11.8. The predicted molar refractivity (Wildman–Crippen MR) is 75.2 cm³/mol. The molecule has 0 radical (unpaired) electrons. The number of rotatable bonds is 6. The standard InChI is InChI=1S/C14H19N3O2/c1-10(2)15-7-8-19-9-13-16-12-6-4-3-5-11(12)14(18)17-13/h3-6,10,15H,7-9H2,1-2H3,(H,16,17,18). The van der Waals surface area contributed by atoms with E-state index in [4.69, 9.17) is 4.74 Å². The molecule has 0 aliphatic rings. The van der Waals surface area contributed by atoms with Crippen LogP contribution >= 0.6 is 0 Å². The van der Waals surface area contributed by atoms with Crippen molar-refractivity contribution in [2.75, 3.05) is 13.2 Å². The zero-order valence-electron chi connectivity index (χ0n) is 11.3. The van der Waals surface area contributed by atoms with E-state index >= 15 is 0 Å². The smallest absolute Gasteiger partial charge is 0.258 e. The average molecular weight is 261 g/mol. The zero-order valence-corrected chi connectivity index (χ0v) is 11.3. The molecule has 2 N–H and O–H groups in total. The van der Waals surface area contributed by atoms with Crippen LogP contribution in [0.1, 0.15) is 19.7 Å². The molecule has 2 aromatic rings. The second-order valence-electron chi connectivity index (χ2n) is 4.69. The van der Waals surface area contributed by atoms with Crippen molar-refractivity contribution >= 4 is 10.9 Å². The Balaban J connectivity index is 1.96. The van der Waals surface area contributed by atoms with E-state index in [-0.39, 0.29) is 5.56 Å². The number of fused-ring (bicyclic) bond motifs is 1. The molecule has 1 heterocycles. The molecule has 0 saturated heterocycles. The first-order valence-electron chi connectivity index (χ1n) is 6.46. The summed E-state index contributed by atoms with van der Waals surface area (Å²) in [6, 6.07) is 7.73. The summed E-state index contributed by atoms with van der Waals surface area (Å²) >= 11 is 0. The van der Waals surface area contributed by atoms with Gasteiger partial charge in [-0.05, 0) is 12.1 Å². The van der Waals surface area contributed by atoms with Crippen molar-refractivity contribution in [2.45, 2.75) is 26.5 Å². The third-order valence-corrected chi connectivity index (χ3v) is 2.70. The van der Waals surface area contributed by atoms with Crippen LogP contribution in [0, 0.1) is 0 Å². The van der Waals surface area contributed by atoms with Gasteiger partial charge in [0.1, 0.15) is 12.4 Å². The lowest BCUT2D eigenvalue weighted by Crippen LogP contribution is -2.26. The molecule has 0 aliphatic carbocycles. The van der Waals surface area contributed by atoms with E-state index in [1.54, 1.807) is 6.07 Å². The molecule has 0 amide bonds. The Morgan fingerprint density at radius 2 is 2.16 bits per heavy atom. The third-order valence-electron chi connectivity index (χ3n) is 2.70. The molecule has 102 valence electrons. The van der Waals surface area contributed by atoms with Gasteiger partial charge in [0.25, 0.3) is 5.56 Å². The molecule has 0 unspecified atom stereocenters. The van der Waals surface area contributed by atoms with Crippen molar-refractivity contribution in [2.24, 2.45) is 0 Å². The fourth-order valence-corrected chi connectivity index (χ4v) is 1.79. The van der Waals surface area contributed by atoms with E-state index in [1.165, 1.54) is 0 Å². The SMILES string of the molecule is CC(C)NCCOCc1nc2ccccc2c(=O)[nH]1. The van der Waals surface area contributed by atoms with E-state index in [2.05, 4.69) is 29.1 Å². The summed E-state index contributed by atoms with van der Waals surface area (Å²) in [7, 11) is 0. The zero-order chi connectivity index (χ0) is 13.7. The summed E-state index contributed by atoms with van der Waals surface area (Å²) in [5.41, 5.74) is 0.578. The van der Waals surface area contributed by atoms with Gasteiger partial charge in [0.05, 0.1) is 17.5 Å². The number of ether oxygens (including phenoxy) is 1. The van der Waals surface area contributed by atoms with Crippen LogP contribution in [0.15, 0.2) is 29.1 Å². The van der Waals surface area contributed by atoms with Gasteiger partial charge in [0, 0.05) is 12.6 Å². The summed E-state index contributed by atoms with van der Waals surface area (Å²) in [4.78, 5) is 18.9. The quantitative estimate of drug-likeness (QED) is 0.772. The lowest BCUT2D eigenvalue weighted by atomic mass is 10.2. The predicted octanol–water partition coefficient (Wildman–Crippen LogP) is 1.44. The molecule has 5 nitrogen and oxygen atoms in total. The number of hydrogen-bond acceptors (Lipinski definition) is 4. The second kappa shape index (κ2) is 6.45. The minimum Gasteiger partial charge on any atom is -0.372 e. The molecule has 0 fully saturated rings. The van der Waals surface area contributed by atoms with Crippen LogP contribution in [0.4, 0.5) is 0 Å². The number of nitrogens with one attached hydrogen (secondary N) is 2. The highest BCUT2D eigenvalue weighted by Crippen LogP contribution is 2.05. The maximum Gasteiger partial charge on any atom is 0.258 e. The molecule has 19 heavy (non-hydrogen) atoms. The Morgan fingerprint density at radius 3 is 2.95 bits per heavy atom. The molecule has 0 spiro atoms. The van der Waals surface area contributed by atoms with Gasteiger partial charge >= 0.3 is 0 Å². The highest BCUT2D eigenvalue weighted by molar-refractivity contribution is 5.77. The average Bonchev–Trinajstić information content (AvgIpc) is 2.38. The molecule has 2 rings (SSSR count). The maximum absolute atomic E-state index is 11.8. The summed E-state index contributed by atoms with van der Waals surface area (Å²) < 4.78 is 5.48. The fraction of sp³-hybridized carbons (Fsp3) is 0.429. The first-order valence-corrected chi connectivity index (χ1v) is 6.46. The van der Waals surface area contributed by atoms with E-state index in [9.17, 15) is 4.79 Å². The monoisotopic (exact) mass is 261 g/mol. The topological polar surface area (TPSA) is 67.0 Å². The molecule has 1 aromatic carbocycles. The van der Waals surface area contributed by atoms with E-state index < -0.39 is 0 Å². The van der Waals surface area contributed by atoms with Crippen LogP contribution in [0.3, 0.4) is 0 Å². The largest absolute Gasteiger partial charge is 0.372 e. The van der Waals surface area contributed by atoms with Crippen LogP contribution in [0.25, 0.3) is 10.9 Å². The normalized spacial score (nSPS) is 11.3. The Morgan fingerprint density at radius 1 is 1.37 bits per heavy atom. The molecule has 0 atom stereocenters. The Labute approximate surface area is 112 Å². The van der Waals surface area contributed by atoms with Gasteiger partial charge in [0.2, 0.25) is 0 Å². The van der Waals surface area contributed by atoms with Crippen LogP contribution in [0.2, 0.25) is 0 Å². The van der Waals surface area contributed by atoms with Crippen LogP contribution in [0.5, 0.6) is 0 Å². The molecule has 5 heteroatoms. The number of nitrogens with zero attached hydrogens (tertiary/aromatic N) is 1. The second-order valence-corrected chi connectivity index (χ2v) is 4.69. The molecular weight excluding hydrogens is 242 g/mol. The van der Waals surface area contributed by atoms with Crippen molar-refractivity contribution < 1.29 is 4.74 Å². The number of benzene rings is 1. The van der Waals surface area contributed by atoms with Gasteiger partial charge in [0.15, 0.2) is 0 Å². The van der Waals surface area contributed by atoms with Gasteiger partial charge in [-0.2, -0.15) is 0 Å². The Kier molecular flexibility index (Phi) is 4.65. The van der Waals surface area contributed by atoms with E-state index in [1.807, 2.05) is 18.2 Å². The number of hydrogen-bond donors (Lipinski definition) is 2. The number of para-hydroxylation sites is 1. The summed E-state index contributed by atoms with van der Waals surface area (Å²) in [5, 5.41) is 3.86. The van der Waals surface area contributed by atoms with Gasteiger partial charge < -0.3 is 15.0 Å². The van der Waals surface area contributed by atoms with Crippen molar-refractivity contribution in [1.29, 1.82) is 0 Å². The summed E-state index contributed by atoms with van der Waals surface area (Å²) in [6.45, 7) is 5.87. The number of H-pyrrole nitrogens is 1.